The lowest BCUT2D eigenvalue weighted by Gasteiger charge is -2.31. The molecular formula is C23H24ClNO3S. The fraction of sp³-hybridized carbons (Fsp3) is 0.217. The number of halogens is 1. The summed E-state index contributed by atoms with van der Waals surface area (Å²) in [6, 6.07) is 22.9. The SMILES string of the molecule is CCC(c1ccccc1)N(Cc1ccc(CO)cc1)S(=O)(=O)c1ccc(Cl)cc1. The molecule has 4 nitrogen and oxygen atoms in total. The molecule has 1 unspecified atom stereocenters. The summed E-state index contributed by atoms with van der Waals surface area (Å²) in [6.45, 7) is 2.16. The predicted octanol–water partition coefficient (Wildman–Crippen LogP) is 5.17. The first-order valence-corrected chi connectivity index (χ1v) is 11.3. The minimum absolute atomic E-state index is 0.0470. The number of hydrogen-bond donors (Lipinski definition) is 1. The van der Waals surface area contributed by atoms with E-state index in [-0.39, 0.29) is 24.1 Å². The van der Waals surface area contributed by atoms with Gasteiger partial charge in [-0.25, -0.2) is 8.42 Å². The number of aliphatic hydroxyl groups excluding tert-OH is 1. The maximum Gasteiger partial charge on any atom is 0.243 e. The molecule has 29 heavy (non-hydrogen) atoms. The van der Waals surface area contributed by atoms with Gasteiger partial charge in [0.15, 0.2) is 0 Å². The molecule has 3 aromatic rings. The van der Waals surface area contributed by atoms with E-state index in [1.54, 1.807) is 16.4 Å². The van der Waals surface area contributed by atoms with Crippen LogP contribution >= 0.6 is 11.6 Å². The molecule has 1 N–H and O–H groups in total. The van der Waals surface area contributed by atoms with Gasteiger partial charge in [0.1, 0.15) is 0 Å². The zero-order valence-electron chi connectivity index (χ0n) is 16.2. The van der Waals surface area contributed by atoms with Gasteiger partial charge < -0.3 is 5.11 Å². The molecule has 3 aromatic carbocycles. The highest BCUT2D eigenvalue weighted by atomic mass is 35.5. The van der Waals surface area contributed by atoms with E-state index in [1.165, 1.54) is 12.1 Å². The molecule has 1 atom stereocenters. The maximum atomic E-state index is 13.6. The summed E-state index contributed by atoms with van der Waals surface area (Å²) in [5.74, 6) is 0. The highest BCUT2D eigenvalue weighted by molar-refractivity contribution is 7.89. The third-order valence-electron chi connectivity index (χ3n) is 4.88. The van der Waals surface area contributed by atoms with Crippen molar-refractivity contribution in [2.45, 2.75) is 37.4 Å². The van der Waals surface area contributed by atoms with Crippen molar-refractivity contribution in [1.29, 1.82) is 0 Å². The van der Waals surface area contributed by atoms with E-state index in [2.05, 4.69) is 0 Å². The monoisotopic (exact) mass is 429 g/mol. The Bertz CT molecular complexity index is 1020. The molecule has 3 rings (SSSR count). The number of sulfonamides is 1. The van der Waals surface area contributed by atoms with Gasteiger partial charge in [-0.15, -0.1) is 0 Å². The summed E-state index contributed by atoms with van der Waals surface area (Å²) in [5.41, 5.74) is 2.59. The first kappa shape index (κ1) is 21.5. The summed E-state index contributed by atoms with van der Waals surface area (Å²) in [5, 5.41) is 9.76. The second-order valence-corrected chi connectivity index (χ2v) is 9.14. The smallest absolute Gasteiger partial charge is 0.243 e. The van der Waals surface area contributed by atoms with Crippen molar-refractivity contribution in [3.8, 4) is 0 Å². The molecule has 0 aromatic heterocycles. The normalized spacial score (nSPS) is 12.8. The van der Waals surface area contributed by atoms with E-state index < -0.39 is 10.0 Å². The maximum absolute atomic E-state index is 13.6. The van der Waals surface area contributed by atoms with Crippen LogP contribution in [0.15, 0.2) is 83.8 Å². The first-order valence-electron chi connectivity index (χ1n) is 9.46. The number of nitrogens with zero attached hydrogens (tertiary/aromatic N) is 1. The van der Waals surface area contributed by atoms with Gasteiger partial charge in [-0.1, -0.05) is 73.1 Å². The average Bonchev–Trinajstić information content (AvgIpc) is 2.75. The summed E-state index contributed by atoms with van der Waals surface area (Å²) < 4.78 is 28.7. The van der Waals surface area contributed by atoms with Crippen LogP contribution in [-0.4, -0.2) is 17.8 Å². The molecule has 0 saturated carbocycles. The lowest BCUT2D eigenvalue weighted by Crippen LogP contribution is -2.34. The standard InChI is InChI=1S/C23H24ClNO3S/c1-2-23(20-6-4-3-5-7-20)25(16-18-8-10-19(17-26)11-9-18)29(27,28)22-14-12-21(24)13-15-22/h3-15,23,26H,2,16-17H2,1H3. The van der Waals surface area contributed by atoms with Crippen molar-refractivity contribution in [3.63, 3.8) is 0 Å². The van der Waals surface area contributed by atoms with Crippen molar-refractivity contribution in [2.75, 3.05) is 0 Å². The van der Waals surface area contributed by atoms with Crippen LogP contribution in [0.2, 0.25) is 5.02 Å². The molecule has 152 valence electrons. The van der Waals surface area contributed by atoms with E-state index in [4.69, 9.17) is 11.6 Å². The molecule has 0 fully saturated rings. The van der Waals surface area contributed by atoms with Crippen LogP contribution in [0.25, 0.3) is 0 Å². The Morgan fingerprint density at radius 3 is 2.03 bits per heavy atom. The van der Waals surface area contributed by atoms with Crippen LogP contribution < -0.4 is 0 Å². The van der Waals surface area contributed by atoms with Gasteiger partial charge in [-0.3, -0.25) is 0 Å². The molecule has 0 heterocycles. The minimum Gasteiger partial charge on any atom is -0.392 e. The van der Waals surface area contributed by atoms with Gasteiger partial charge in [0.05, 0.1) is 17.5 Å². The molecule has 0 amide bonds. The fourth-order valence-corrected chi connectivity index (χ4v) is 5.12. The molecule has 0 aliphatic heterocycles. The second-order valence-electron chi connectivity index (χ2n) is 6.81. The van der Waals surface area contributed by atoms with Crippen molar-refractivity contribution in [1.82, 2.24) is 4.31 Å². The fourth-order valence-electron chi connectivity index (χ4n) is 3.32. The average molecular weight is 430 g/mol. The Kier molecular flexibility index (Phi) is 7.09. The highest BCUT2D eigenvalue weighted by Gasteiger charge is 2.31. The van der Waals surface area contributed by atoms with Crippen molar-refractivity contribution < 1.29 is 13.5 Å². The van der Waals surface area contributed by atoms with Crippen molar-refractivity contribution in [3.05, 3.63) is 101 Å². The van der Waals surface area contributed by atoms with Crippen molar-refractivity contribution >= 4 is 21.6 Å². The molecule has 0 spiro atoms. The Morgan fingerprint density at radius 1 is 0.897 bits per heavy atom. The van der Waals surface area contributed by atoms with Crippen LogP contribution in [0.1, 0.15) is 36.1 Å². The zero-order valence-corrected chi connectivity index (χ0v) is 17.8. The van der Waals surface area contributed by atoms with Gasteiger partial charge in [0, 0.05) is 11.6 Å². The number of rotatable bonds is 8. The van der Waals surface area contributed by atoms with Gasteiger partial charge in [-0.2, -0.15) is 4.31 Å². The molecule has 0 aliphatic rings. The quantitative estimate of drug-likeness (QED) is 0.537. The molecule has 6 heteroatoms. The van der Waals surface area contributed by atoms with Crippen LogP contribution in [0, 0.1) is 0 Å². The Labute approximate surface area is 177 Å². The van der Waals surface area contributed by atoms with Crippen LogP contribution in [-0.2, 0) is 23.2 Å². The third kappa shape index (κ3) is 5.06. The van der Waals surface area contributed by atoms with E-state index in [0.29, 0.717) is 11.4 Å². The zero-order chi connectivity index (χ0) is 20.9. The van der Waals surface area contributed by atoms with E-state index in [0.717, 1.165) is 16.7 Å². The topological polar surface area (TPSA) is 57.6 Å². The minimum atomic E-state index is -3.77. The van der Waals surface area contributed by atoms with E-state index >= 15 is 0 Å². The largest absolute Gasteiger partial charge is 0.392 e. The third-order valence-corrected chi connectivity index (χ3v) is 7.00. The second kappa shape index (κ2) is 9.55. The number of benzene rings is 3. The number of aliphatic hydroxyl groups is 1. The number of hydrogen-bond acceptors (Lipinski definition) is 3. The van der Waals surface area contributed by atoms with E-state index in [1.807, 2.05) is 61.5 Å². The van der Waals surface area contributed by atoms with Crippen LogP contribution in [0.4, 0.5) is 0 Å². The molecule has 0 aliphatic carbocycles. The van der Waals surface area contributed by atoms with Gasteiger partial charge in [-0.05, 0) is 47.4 Å². The van der Waals surface area contributed by atoms with Gasteiger partial charge in [0.2, 0.25) is 10.0 Å². The Morgan fingerprint density at radius 2 is 1.48 bits per heavy atom. The highest BCUT2D eigenvalue weighted by Crippen LogP contribution is 2.32. The lowest BCUT2D eigenvalue weighted by molar-refractivity contribution is 0.281. The summed E-state index contributed by atoms with van der Waals surface area (Å²) in [7, 11) is -3.77. The van der Waals surface area contributed by atoms with Gasteiger partial charge >= 0.3 is 0 Å². The predicted molar refractivity (Wildman–Crippen MR) is 116 cm³/mol. The van der Waals surface area contributed by atoms with E-state index in [9.17, 15) is 13.5 Å². The lowest BCUT2D eigenvalue weighted by atomic mass is 10.0. The molecule has 0 bridgehead atoms. The summed E-state index contributed by atoms with van der Waals surface area (Å²) in [4.78, 5) is 0.211. The van der Waals surface area contributed by atoms with Crippen LogP contribution in [0.5, 0.6) is 0 Å². The van der Waals surface area contributed by atoms with Crippen LogP contribution in [0.3, 0.4) is 0 Å². The molecule has 0 radical (unpaired) electrons. The summed E-state index contributed by atoms with van der Waals surface area (Å²) in [6.07, 6.45) is 0.631. The Hall–Kier alpha value is -2.18. The molecular weight excluding hydrogens is 406 g/mol. The Balaban J connectivity index is 2.05. The van der Waals surface area contributed by atoms with Gasteiger partial charge in [0.25, 0.3) is 0 Å². The first-order chi connectivity index (χ1) is 14.0. The molecule has 0 saturated heterocycles. The van der Waals surface area contributed by atoms with Crippen molar-refractivity contribution in [2.24, 2.45) is 0 Å². The summed E-state index contributed by atoms with van der Waals surface area (Å²) >= 11 is 5.96.